The third kappa shape index (κ3) is 5.62. The van der Waals surface area contributed by atoms with Crippen molar-refractivity contribution in [2.75, 3.05) is 7.05 Å². The summed E-state index contributed by atoms with van der Waals surface area (Å²) in [5, 5.41) is 12.0. The predicted molar refractivity (Wildman–Crippen MR) is 142 cm³/mol. The molecule has 0 fully saturated rings. The van der Waals surface area contributed by atoms with Crippen LogP contribution in [0.25, 0.3) is 27.2 Å². The average molecular weight is 487 g/mol. The van der Waals surface area contributed by atoms with Crippen LogP contribution in [0.15, 0.2) is 77.9 Å². The maximum absolute atomic E-state index is 13.5. The SMILES string of the molecule is CN/C=C(\C=N)c1cnc2ccc3ccc(CS(=O)(=O)NCc4ccc(C)cc4)cc3c(=O)c2c1. The predicted octanol–water partition coefficient (Wildman–Crippen LogP) is 3.89. The van der Waals surface area contributed by atoms with Gasteiger partial charge < -0.3 is 10.7 Å². The second-order valence-corrected chi connectivity index (χ2v) is 10.1. The summed E-state index contributed by atoms with van der Waals surface area (Å²) >= 11 is 0. The van der Waals surface area contributed by atoms with Crippen LogP contribution >= 0.6 is 0 Å². The Kier molecular flexibility index (Phi) is 7.04. The van der Waals surface area contributed by atoms with E-state index in [1.807, 2.05) is 31.2 Å². The van der Waals surface area contributed by atoms with E-state index < -0.39 is 10.0 Å². The molecule has 4 rings (SSSR count). The van der Waals surface area contributed by atoms with Crippen LogP contribution in [-0.4, -0.2) is 26.7 Å². The van der Waals surface area contributed by atoms with Crippen LogP contribution in [0, 0.1) is 12.3 Å². The van der Waals surface area contributed by atoms with Gasteiger partial charge in [0.1, 0.15) is 0 Å². The van der Waals surface area contributed by atoms with Crippen LogP contribution in [0.1, 0.15) is 22.3 Å². The lowest BCUT2D eigenvalue weighted by Gasteiger charge is -2.08. The highest BCUT2D eigenvalue weighted by Crippen LogP contribution is 2.20. The number of hydrogen-bond acceptors (Lipinski definition) is 6. The Balaban J connectivity index is 1.69. The smallest absolute Gasteiger partial charge is 0.216 e. The third-order valence-electron chi connectivity index (χ3n) is 5.71. The minimum absolute atomic E-state index is 0.201. The highest BCUT2D eigenvalue weighted by molar-refractivity contribution is 7.88. The maximum Gasteiger partial charge on any atom is 0.216 e. The Labute approximate surface area is 204 Å². The number of hydrogen-bond donors (Lipinski definition) is 3. The molecule has 0 spiro atoms. The first-order valence-electron chi connectivity index (χ1n) is 11.1. The van der Waals surface area contributed by atoms with Gasteiger partial charge in [-0.3, -0.25) is 9.78 Å². The van der Waals surface area contributed by atoms with Gasteiger partial charge in [-0.2, -0.15) is 0 Å². The summed E-state index contributed by atoms with van der Waals surface area (Å²) in [5.41, 5.74) is 4.01. The molecule has 0 aliphatic heterocycles. The third-order valence-corrected chi connectivity index (χ3v) is 7.01. The molecule has 0 aliphatic rings. The van der Waals surface area contributed by atoms with Gasteiger partial charge in [0.15, 0.2) is 5.43 Å². The highest BCUT2D eigenvalue weighted by atomic mass is 32.2. The molecule has 7 nitrogen and oxygen atoms in total. The number of benzene rings is 2. The minimum Gasteiger partial charge on any atom is -0.393 e. The molecule has 1 aromatic heterocycles. The molecule has 3 aromatic carbocycles. The van der Waals surface area contributed by atoms with E-state index in [1.165, 1.54) is 6.21 Å². The molecule has 35 heavy (non-hydrogen) atoms. The van der Waals surface area contributed by atoms with Gasteiger partial charge in [-0.05, 0) is 41.6 Å². The zero-order chi connectivity index (χ0) is 25.0. The lowest BCUT2D eigenvalue weighted by molar-refractivity contribution is 0.580. The number of allylic oxidation sites excluding steroid dienone is 1. The number of aryl methyl sites for hydroxylation is 1. The summed E-state index contributed by atoms with van der Waals surface area (Å²) in [6.07, 6.45) is 4.48. The number of pyridine rings is 1. The van der Waals surface area contributed by atoms with Crippen LogP contribution < -0.4 is 15.5 Å². The van der Waals surface area contributed by atoms with E-state index in [0.29, 0.717) is 38.4 Å². The van der Waals surface area contributed by atoms with Crippen molar-refractivity contribution in [3.05, 3.63) is 106 Å². The molecular formula is C27H26N4O3S. The van der Waals surface area contributed by atoms with E-state index in [1.54, 1.807) is 55.8 Å². The maximum atomic E-state index is 13.5. The zero-order valence-electron chi connectivity index (χ0n) is 19.5. The van der Waals surface area contributed by atoms with Crippen molar-refractivity contribution in [2.45, 2.75) is 19.2 Å². The Bertz CT molecular complexity index is 1610. The summed E-state index contributed by atoms with van der Waals surface area (Å²) in [7, 11) is -1.88. The van der Waals surface area contributed by atoms with Crippen LogP contribution in [0.5, 0.6) is 0 Å². The Morgan fingerprint density at radius 3 is 2.43 bits per heavy atom. The second kappa shape index (κ2) is 10.2. The molecule has 0 saturated heterocycles. The quantitative estimate of drug-likeness (QED) is 0.327. The van der Waals surface area contributed by atoms with Crippen molar-refractivity contribution in [1.82, 2.24) is 15.0 Å². The van der Waals surface area contributed by atoms with E-state index in [0.717, 1.165) is 11.1 Å². The normalized spacial score (nSPS) is 12.1. The largest absolute Gasteiger partial charge is 0.393 e. The fraction of sp³-hybridized carbons (Fsp3) is 0.148. The van der Waals surface area contributed by atoms with E-state index in [-0.39, 0.29) is 17.7 Å². The van der Waals surface area contributed by atoms with E-state index in [9.17, 15) is 13.2 Å². The van der Waals surface area contributed by atoms with Crippen molar-refractivity contribution in [3.8, 4) is 0 Å². The first kappa shape index (κ1) is 24.3. The standard InChI is InChI=1S/C27H26N4O3S/c1-18-3-5-19(6-4-18)14-31-35(33,34)17-20-7-8-21-9-10-26-25(27(32)24(21)11-20)12-22(16-30-26)23(13-28)15-29-2/h3-13,15-16,28-29,31H,14,17H2,1-2H3/b23-15+,28-13?. The summed E-state index contributed by atoms with van der Waals surface area (Å²) < 4.78 is 28.1. The van der Waals surface area contributed by atoms with Gasteiger partial charge in [0.25, 0.3) is 0 Å². The molecule has 4 aromatic rings. The summed E-state index contributed by atoms with van der Waals surface area (Å²) in [4.78, 5) is 17.9. The van der Waals surface area contributed by atoms with Gasteiger partial charge in [-0.15, -0.1) is 0 Å². The first-order chi connectivity index (χ1) is 16.8. The Morgan fingerprint density at radius 2 is 1.71 bits per heavy atom. The number of nitrogens with zero attached hydrogens (tertiary/aromatic N) is 1. The number of nitrogens with one attached hydrogen (secondary N) is 3. The number of fused-ring (bicyclic) bond motifs is 2. The lowest BCUT2D eigenvalue weighted by atomic mass is 10.1. The van der Waals surface area contributed by atoms with Gasteiger partial charge in [0.2, 0.25) is 10.0 Å². The van der Waals surface area contributed by atoms with Gasteiger partial charge in [0, 0.05) is 54.1 Å². The molecular weight excluding hydrogens is 460 g/mol. The average Bonchev–Trinajstić information content (AvgIpc) is 2.98. The van der Waals surface area contributed by atoms with Crippen LogP contribution in [0.4, 0.5) is 0 Å². The molecule has 0 aliphatic carbocycles. The van der Waals surface area contributed by atoms with Crippen molar-refractivity contribution in [3.63, 3.8) is 0 Å². The molecule has 0 bridgehead atoms. The molecule has 3 N–H and O–H groups in total. The fourth-order valence-corrected chi connectivity index (χ4v) is 4.94. The Morgan fingerprint density at radius 1 is 1.00 bits per heavy atom. The van der Waals surface area contributed by atoms with Crippen LogP contribution in [0.3, 0.4) is 0 Å². The monoisotopic (exact) mass is 486 g/mol. The van der Waals surface area contributed by atoms with E-state index in [4.69, 9.17) is 5.41 Å². The van der Waals surface area contributed by atoms with Crippen molar-refractivity contribution in [1.29, 1.82) is 5.41 Å². The van der Waals surface area contributed by atoms with E-state index in [2.05, 4.69) is 15.0 Å². The van der Waals surface area contributed by atoms with Gasteiger partial charge in [0.05, 0.1) is 11.3 Å². The van der Waals surface area contributed by atoms with Gasteiger partial charge >= 0.3 is 0 Å². The van der Waals surface area contributed by atoms with Crippen molar-refractivity contribution >= 4 is 43.5 Å². The van der Waals surface area contributed by atoms with Crippen molar-refractivity contribution < 1.29 is 8.42 Å². The minimum atomic E-state index is -3.62. The molecule has 0 saturated carbocycles. The lowest BCUT2D eigenvalue weighted by Crippen LogP contribution is -2.24. The molecule has 0 radical (unpaired) electrons. The molecule has 0 amide bonds. The van der Waals surface area contributed by atoms with Crippen molar-refractivity contribution in [2.24, 2.45) is 0 Å². The Hall–Kier alpha value is -3.88. The van der Waals surface area contributed by atoms with Crippen LogP contribution in [-0.2, 0) is 22.3 Å². The molecule has 0 atom stereocenters. The number of sulfonamides is 1. The van der Waals surface area contributed by atoms with E-state index >= 15 is 0 Å². The molecule has 178 valence electrons. The number of rotatable bonds is 8. The first-order valence-corrected chi connectivity index (χ1v) is 12.7. The number of aromatic nitrogens is 1. The summed E-state index contributed by atoms with van der Waals surface area (Å²) in [6, 6.07) is 18.1. The molecule has 0 unspecified atom stereocenters. The topological polar surface area (TPSA) is 112 Å². The summed E-state index contributed by atoms with van der Waals surface area (Å²) in [5.74, 6) is -0.239. The summed E-state index contributed by atoms with van der Waals surface area (Å²) in [6.45, 7) is 2.18. The van der Waals surface area contributed by atoms with Gasteiger partial charge in [-0.1, -0.05) is 48.0 Å². The second-order valence-electron chi connectivity index (χ2n) is 8.34. The van der Waals surface area contributed by atoms with Crippen LogP contribution in [0.2, 0.25) is 0 Å². The molecule has 8 heteroatoms. The molecule has 1 heterocycles. The fourth-order valence-electron chi connectivity index (χ4n) is 3.83. The van der Waals surface area contributed by atoms with Gasteiger partial charge in [-0.25, -0.2) is 13.1 Å². The highest BCUT2D eigenvalue weighted by Gasteiger charge is 2.13. The zero-order valence-corrected chi connectivity index (χ0v) is 20.3.